The second-order valence-corrected chi connectivity index (χ2v) is 6.86. The maximum atomic E-state index is 14.0. The van der Waals surface area contributed by atoms with Gasteiger partial charge in [0.05, 0.1) is 11.4 Å². The van der Waals surface area contributed by atoms with Crippen molar-refractivity contribution in [1.29, 1.82) is 0 Å². The van der Waals surface area contributed by atoms with Crippen LogP contribution >= 0.6 is 11.6 Å². The van der Waals surface area contributed by atoms with Crippen LogP contribution in [0.1, 0.15) is 16.8 Å². The highest BCUT2D eigenvalue weighted by molar-refractivity contribution is 6.30. The van der Waals surface area contributed by atoms with Crippen LogP contribution in [0.15, 0.2) is 54.6 Å². The number of alkyl halides is 3. The number of fused-ring (bicyclic) bond motifs is 4. The van der Waals surface area contributed by atoms with Gasteiger partial charge in [-0.1, -0.05) is 48.0 Å². The molecule has 0 atom stereocenters. The van der Waals surface area contributed by atoms with Crippen molar-refractivity contribution < 1.29 is 13.2 Å². The topological polar surface area (TPSA) is 30.2 Å². The zero-order chi connectivity index (χ0) is 18.8. The molecule has 2 aromatic carbocycles. The van der Waals surface area contributed by atoms with Crippen LogP contribution in [0.3, 0.4) is 0 Å². The molecule has 3 nitrogen and oxygen atoms in total. The predicted molar refractivity (Wildman–Crippen MR) is 96.7 cm³/mol. The Kier molecular flexibility index (Phi) is 3.37. The molecular formula is C20H11ClF3N3. The van der Waals surface area contributed by atoms with Gasteiger partial charge >= 0.3 is 6.18 Å². The molecule has 0 N–H and O–H groups in total. The third-order valence-electron chi connectivity index (χ3n) is 4.75. The van der Waals surface area contributed by atoms with Crippen LogP contribution in [0.5, 0.6) is 0 Å². The minimum atomic E-state index is -4.55. The van der Waals surface area contributed by atoms with Gasteiger partial charge in [-0.25, -0.2) is 9.50 Å². The van der Waals surface area contributed by atoms with E-state index in [-0.39, 0.29) is 17.6 Å². The molecule has 2 aromatic heterocycles. The Bertz CT molecular complexity index is 1190. The van der Waals surface area contributed by atoms with E-state index in [0.29, 0.717) is 22.0 Å². The molecule has 1 aliphatic rings. The number of nitrogens with zero attached hydrogens (tertiary/aromatic N) is 3. The molecule has 0 saturated heterocycles. The molecule has 0 aliphatic heterocycles. The fraction of sp³-hybridized carbons (Fsp3) is 0.100. The molecule has 27 heavy (non-hydrogen) atoms. The number of hydrogen-bond donors (Lipinski definition) is 0. The highest BCUT2D eigenvalue weighted by Crippen LogP contribution is 2.43. The summed E-state index contributed by atoms with van der Waals surface area (Å²) in [5.41, 5.74) is 2.64. The summed E-state index contributed by atoms with van der Waals surface area (Å²) in [5.74, 6) is 0. The zero-order valence-electron chi connectivity index (χ0n) is 13.8. The molecular weight excluding hydrogens is 375 g/mol. The van der Waals surface area contributed by atoms with Crippen molar-refractivity contribution in [3.63, 3.8) is 0 Å². The summed E-state index contributed by atoms with van der Waals surface area (Å²) in [4.78, 5) is 4.51. The van der Waals surface area contributed by atoms with Gasteiger partial charge in [0.15, 0.2) is 11.3 Å². The van der Waals surface area contributed by atoms with Crippen molar-refractivity contribution in [3.05, 3.63) is 76.4 Å². The minimum absolute atomic E-state index is 0.168. The van der Waals surface area contributed by atoms with Crippen molar-refractivity contribution in [2.24, 2.45) is 0 Å². The van der Waals surface area contributed by atoms with Gasteiger partial charge in [0.2, 0.25) is 0 Å². The van der Waals surface area contributed by atoms with Crippen LogP contribution < -0.4 is 0 Å². The van der Waals surface area contributed by atoms with Crippen molar-refractivity contribution in [2.75, 3.05) is 0 Å². The Hall–Kier alpha value is -2.86. The first kappa shape index (κ1) is 16.3. The molecule has 1 aliphatic carbocycles. The monoisotopic (exact) mass is 385 g/mol. The molecule has 0 saturated carbocycles. The number of hydrogen-bond acceptors (Lipinski definition) is 2. The second-order valence-electron chi connectivity index (χ2n) is 6.43. The van der Waals surface area contributed by atoms with E-state index in [0.717, 1.165) is 15.6 Å². The van der Waals surface area contributed by atoms with Gasteiger partial charge in [0.1, 0.15) is 0 Å². The van der Waals surface area contributed by atoms with E-state index in [1.54, 1.807) is 36.4 Å². The highest BCUT2D eigenvalue weighted by atomic mass is 35.5. The summed E-state index contributed by atoms with van der Waals surface area (Å²) in [6, 6.07) is 15.6. The first-order valence-electron chi connectivity index (χ1n) is 8.26. The molecule has 0 amide bonds. The Balaban J connectivity index is 1.80. The standard InChI is InChI=1S/C20H11ClF3N3/c21-13-7-5-11(6-8-13)16-10-17-25-18-14-4-2-1-3-12(14)9-15(18)19(20(22,23)24)27(17)26-16/h1-8,10H,9H2. The van der Waals surface area contributed by atoms with E-state index >= 15 is 0 Å². The largest absolute Gasteiger partial charge is 0.433 e. The normalized spacial score (nSPS) is 13.0. The Labute approximate surface area is 157 Å². The number of aromatic nitrogens is 3. The van der Waals surface area contributed by atoms with Crippen LogP contribution in [-0.2, 0) is 12.6 Å². The molecule has 4 aromatic rings. The summed E-state index contributed by atoms with van der Waals surface area (Å²) in [7, 11) is 0. The average Bonchev–Trinajstić information content (AvgIpc) is 3.20. The highest BCUT2D eigenvalue weighted by Gasteiger charge is 2.41. The maximum Gasteiger partial charge on any atom is 0.433 e. The molecule has 134 valence electrons. The summed E-state index contributed by atoms with van der Waals surface area (Å²) in [6.45, 7) is 0. The third kappa shape index (κ3) is 2.51. The number of benzene rings is 2. The predicted octanol–water partition coefficient (Wildman–Crippen LogP) is 5.64. The van der Waals surface area contributed by atoms with Gasteiger partial charge in [-0.15, -0.1) is 0 Å². The van der Waals surface area contributed by atoms with Crippen molar-refractivity contribution in [3.8, 4) is 22.5 Å². The lowest BCUT2D eigenvalue weighted by atomic mass is 10.1. The van der Waals surface area contributed by atoms with Crippen LogP contribution in [0.2, 0.25) is 5.02 Å². The molecule has 2 heterocycles. The average molecular weight is 386 g/mol. The number of halogens is 4. The molecule has 0 unspecified atom stereocenters. The van der Waals surface area contributed by atoms with Crippen LogP contribution in [0, 0.1) is 0 Å². The molecule has 0 radical (unpaired) electrons. The van der Waals surface area contributed by atoms with Crippen molar-refractivity contribution in [1.82, 2.24) is 14.6 Å². The molecule has 0 bridgehead atoms. The molecule has 7 heteroatoms. The van der Waals surface area contributed by atoms with Crippen molar-refractivity contribution in [2.45, 2.75) is 12.6 Å². The fourth-order valence-electron chi connectivity index (χ4n) is 3.58. The van der Waals surface area contributed by atoms with E-state index in [4.69, 9.17) is 11.6 Å². The third-order valence-corrected chi connectivity index (χ3v) is 5.00. The van der Waals surface area contributed by atoms with Gasteiger partial charge in [-0.2, -0.15) is 18.3 Å². The lowest BCUT2D eigenvalue weighted by molar-refractivity contribution is -0.143. The summed E-state index contributed by atoms with van der Waals surface area (Å²) < 4.78 is 42.8. The molecule has 5 rings (SSSR count). The smallest absolute Gasteiger partial charge is 0.228 e. The molecule has 0 spiro atoms. The van der Waals surface area contributed by atoms with Crippen LogP contribution in [0.25, 0.3) is 28.2 Å². The fourth-order valence-corrected chi connectivity index (χ4v) is 3.70. The van der Waals surface area contributed by atoms with Gasteiger partial charge in [-0.3, -0.25) is 0 Å². The quantitative estimate of drug-likeness (QED) is 0.374. The van der Waals surface area contributed by atoms with Gasteiger partial charge in [0, 0.05) is 34.2 Å². The Morgan fingerprint density at radius 1 is 1.00 bits per heavy atom. The SMILES string of the molecule is FC(F)(F)c1c2c(nc3cc(-c4ccc(Cl)cc4)nn13)-c1ccccc1C2. The first-order chi connectivity index (χ1) is 12.9. The summed E-state index contributed by atoms with van der Waals surface area (Å²) in [5, 5.41) is 4.76. The van der Waals surface area contributed by atoms with Gasteiger partial charge in [-0.05, 0) is 17.7 Å². The summed E-state index contributed by atoms with van der Waals surface area (Å²) >= 11 is 5.89. The van der Waals surface area contributed by atoms with E-state index in [1.165, 1.54) is 0 Å². The van der Waals surface area contributed by atoms with Crippen molar-refractivity contribution >= 4 is 17.2 Å². The first-order valence-corrected chi connectivity index (χ1v) is 8.64. The maximum absolute atomic E-state index is 14.0. The zero-order valence-corrected chi connectivity index (χ0v) is 14.5. The van der Waals surface area contributed by atoms with Gasteiger partial charge < -0.3 is 0 Å². The Morgan fingerprint density at radius 2 is 1.74 bits per heavy atom. The van der Waals surface area contributed by atoms with E-state index in [2.05, 4.69) is 10.1 Å². The van der Waals surface area contributed by atoms with E-state index in [1.807, 2.05) is 18.2 Å². The van der Waals surface area contributed by atoms with E-state index < -0.39 is 11.9 Å². The van der Waals surface area contributed by atoms with Crippen LogP contribution in [-0.4, -0.2) is 14.6 Å². The Morgan fingerprint density at radius 3 is 2.48 bits per heavy atom. The summed E-state index contributed by atoms with van der Waals surface area (Å²) in [6.07, 6.45) is -4.35. The minimum Gasteiger partial charge on any atom is -0.228 e. The number of rotatable bonds is 1. The molecule has 0 fully saturated rings. The second kappa shape index (κ2) is 5.57. The van der Waals surface area contributed by atoms with Crippen LogP contribution in [0.4, 0.5) is 13.2 Å². The lowest BCUT2D eigenvalue weighted by Gasteiger charge is -2.13. The lowest BCUT2D eigenvalue weighted by Crippen LogP contribution is -2.17. The van der Waals surface area contributed by atoms with Gasteiger partial charge in [0.25, 0.3) is 0 Å². The van der Waals surface area contributed by atoms with E-state index in [9.17, 15) is 13.2 Å².